The van der Waals surface area contributed by atoms with Gasteiger partial charge in [0.25, 0.3) is 0 Å². The van der Waals surface area contributed by atoms with Gasteiger partial charge in [0.15, 0.2) is 0 Å². The average molecular weight is 729 g/mol. The lowest BCUT2D eigenvalue weighted by Crippen LogP contribution is -2.67. The standard InChI is InChI=1S/C40H72N8O3.CH4/c1-30-41-35(45-21-23-49-24-22-45)43-36(42-30)46(32-27-39(6,7)48(40(8,9)28-32)51-34-19-15-12-16-20-34)29-44(10)31-25-37(2,3)47(38(4,5)26-31)50-33-17-13-11-14-18-33;/h31-34H,11-29H2,1-10H3;1H4. The van der Waals surface area contributed by atoms with Crippen LogP contribution in [0.2, 0.25) is 0 Å². The Balaban J connectivity index is 0.00000523. The van der Waals surface area contributed by atoms with Crippen molar-refractivity contribution in [1.29, 1.82) is 0 Å². The number of anilines is 2. The first-order valence-electron chi connectivity index (χ1n) is 20.5. The molecule has 5 aliphatic rings. The molecule has 3 saturated heterocycles. The van der Waals surface area contributed by atoms with E-state index in [4.69, 9.17) is 29.4 Å². The summed E-state index contributed by atoms with van der Waals surface area (Å²) < 4.78 is 5.68. The fraction of sp³-hybridized carbons (Fsp3) is 0.927. The van der Waals surface area contributed by atoms with Crippen LogP contribution in [0.1, 0.15) is 159 Å². The summed E-state index contributed by atoms with van der Waals surface area (Å²) in [4.78, 5) is 36.3. The fourth-order valence-electron chi connectivity index (χ4n) is 10.3. The first-order valence-corrected chi connectivity index (χ1v) is 20.5. The molecular formula is C41H76N8O3. The van der Waals surface area contributed by atoms with E-state index >= 15 is 0 Å². The number of morpholine rings is 1. The van der Waals surface area contributed by atoms with Crippen LogP contribution in [0, 0.1) is 6.92 Å². The van der Waals surface area contributed by atoms with Crippen LogP contribution < -0.4 is 9.80 Å². The molecule has 5 fully saturated rings. The summed E-state index contributed by atoms with van der Waals surface area (Å²) in [6.45, 7) is 24.8. The maximum absolute atomic E-state index is 6.93. The molecule has 0 radical (unpaired) electrons. The highest BCUT2D eigenvalue weighted by molar-refractivity contribution is 5.41. The average Bonchev–Trinajstić information content (AvgIpc) is 3.07. The van der Waals surface area contributed by atoms with Crippen molar-refractivity contribution >= 4 is 11.9 Å². The molecular weight excluding hydrogens is 653 g/mol. The third-order valence-electron chi connectivity index (χ3n) is 12.5. The summed E-state index contributed by atoms with van der Waals surface area (Å²) in [7, 11) is 2.32. The molecule has 2 saturated carbocycles. The van der Waals surface area contributed by atoms with E-state index in [-0.39, 0.29) is 35.6 Å². The summed E-state index contributed by atoms with van der Waals surface area (Å²) >= 11 is 0. The molecule has 11 nitrogen and oxygen atoms in total. The largest absolute Gasteiger partial charge is 0.378 e. The number of aryl methyl sites for hydroxylation is 1. The number of ether oxygens (including phenoxy) is 1. The van der Waals surface area contributed by atoms with Crippen molar-refractivity contribution in [3.63, 3.8) is 0 Å². The van der Waals surface area contributed by atoms with Gasteiger partial charge in [0.05, 0.1) is 32.1 Å². The summed E-state index contributed by atoms with van der Waals surface area (Å²) in [5, 5.41) is 4.76. The fourth-order valence-corrected chi connectivity index (χ4v) is 10.3. The molecule has 0 amide bonds. The smallest absolute Gasteiger partial charge is 0.231 e. The Hall–Kier alpha value is -1.63. The van der Waals surface area contributed by atoms with Gasteiger partial charge in [0.1, 0.15) is 5.82 Å². The zero-order valence-electron chi connectivity index (χ0n) is 34.0. The van der Waals surface area contributed by atoms with Crippen LogP contribution in [-0.2, 0) is 14.4 Å². The molecule has 0 bridgehead atoms. The Kier molecular flexibility index (Phi) is 13.3. The number of nitrogens with zero attached hydrogens (tertiary/aromatic N) is 8. The number of hydroxylamine groups is 4. The number of hydrogen-bond acceptors (Lipinski definition) is 11. The van der Waals surface area contributed by atoms with Crippen molar-refractivity contribution in [2.45, 2.75) is 206 Å². The topological polar surface area (TPSA) is 82.6 Å². The second-order valence-corrected chi connectivity index (χ2v) is 19.1. The van der Waals surface area contributed by atoms with Gasteiger partial charge in [-0.2, -0.15) is 25.1 Å². The van der Waals surface area contributed by atoms with Gasteiger partial charge in [-0.15, -0.1) is 0 Å². The lowest BCUT2D eigenvalue weighted by Gasteiger charge is -2.58. The lowest BCUT2D eigenvalue weighted by molar-refractivity contribution is -0.314. The number of hydrogen-bond donors (Lipinski definition) is 0. The molecule has 0 unspecified atom stereocenters. The highest BCUT2D eigenvalue weighted by Crippen LogP contribution is 2.45. The minimum atomic E-state index is -0.165. The number of aromatic nitrogens is 3. The van der Waals surface area contributed by atoms with Crippen molar-refractivity contribution in [3.8, 4) is 0 Å². The lowest BCUT2D eigenvalue weighted by atomic mass is 9.77. The predicted molar refractivity (Wildman–Crippen MR) is 211 cm³/mol. The monoisotopic (exact) mass is 729 g/mol. The zero-order chi connectivity index (χ0) is 36.6. The molecule has 4 heterocycles. The Labute approximate surface area is 317 Å². The molecule has 6 rings (SSSR count). The van der Waals surface area contributed by atoms with Gasteiger partial charge in [-0.1, -0.05) is 46.0 Å². The van der Waals surface area contributed by atoms with Crippen LogP contribution in [0.5, 0.6) is 0 Å². The molecule has 0 N–H and O–H groups in total. The molecule has 52 heavy (non-hydrogen) atoms. The molecule has 11 heteroatoms. The van der Waals surface area contributed by atoms with Crippen LogP contribution in [0.3, 0.4) is 0 Å². The van der Waals surface area contributed by atoms with E-state index in [0.717, 1.165) is 76.0 Å². The number of piperidine rings is 2. The van der Waals surface area contributed by atoms with Crippen molar-refractivity contribution in [1.82, 2.24) is 30.0 Å². The van der Waals surface area contributed by atoms with Crippen molar-refractivity contribution < 1.29 is 14.4 Å². The first kappa shape index (κ1) is 41.5. The molecule has 0 spiro atoms. The van der Waals surface area contributed by atoms with Crippen LogP contribution in [-0.4, -0.2) is 116 Å². The maximum atomic E-state index is 6.93. The van der Waals surface area contributed by atoms with E-state index < -0.39 is 0 Å². The Morgan fingerprint density at radius 1 is 0.654 bits per heavy atom. The highest BCUT2D eigenvalue weighted by atomic mass is 16.7. The molecule has 1 aromatic rings. The SMILES string of the molecule is C.Cc1nc(N2CCOCC2)nc(N(CN(C)C2CC(C)(C)N(OC3CCCCC3)C(C)(C)C2)C2CC(C)(C)N(OC3CCCCC3)C(C)(C)C2)n1. The van der Waals surface area contributed by atoms with Crippen molar-refractivity contribution in [2.24, 2.45) is 0 Å². The summed E-state index contributed by atoms with van der Waals surface area (Å²) in [5.41, 5.74) is -0.521. The van der Waals surface area contributed by atoms with Gasteiger partial charge < -0.3 is 14.5 Å². The van der Waals surface area contributed by atoms with Gasteiger partial charge in [0.2, 0.25) is 11.9 Å². The quantitative estimate of drug-likeness (QED) is 0.221. The molecule has 0 aromatic carbocycles. The van der Waals surface area contributed by atoms with E-state index in [1.54, 1.807) is 0 Å². The van der Waals surface area contributed by atoms with Crippen LogP contribution in [0.15, 0.2) is 0 Å². The van der Waals surface area contributed by atoms with Gasteiger partial charge in [-0.3, -0.25) is 14.6 Å². The summed E-state index contributed by atoms with van der Waals surface area (Å²) in [6.07, 6.45) is 17.1. The van der Waals surface area contributed by atoms with Crippen molar-refractivity contribution in [3.05, 3.63) is 5.82 Å². The van der Waals surface area contributed by atoms with Gasteiger partial charge in [0, 0.05) is 47.3 Å². The molecule has 3 aliphatic heterocycles. The Morgan fingerprint density at radius 2 is 1.10 bits per heavy atom. The van der Waals surface area contributed by atoms with Gasteiger partial charge >= 0.3 is 0 Å². The molecule has 2 aliphatic carbocycles. The Bertz CT molecular complexity index is 1250. The molecule has 1 aromatic heterocycles. The molecule has 0 atom stereocenters. The summed E-state index contributed by atoms with van der Waals surface area (Å²) in [6, 6.07) is 0.597. The van der Waals surface area contributed by atoms with E-state index in [1.165, 1.54) is 51.4 Å². The third-order valence-corrected chi connectivity index (χ3v) is 12.5. The van der Waals surface area contributed by atoms with Gasteiger partial charge in [-0.25, -0.2) is 0 Å². The third kappa shape index (κ3) is 9.59. The predicted octanol–water partition coefficient (Wildman–Crippen LogP) is 7.92. The highest BCUT2D eigenvalue weighted by Gasteiger charge is 2.51. The first-order chi connectivity index (χ1) is 24.0. The van der Waals surface area contributed by atoms with Crippen LogP contribution >= 0.6 is 0 Å². The van der Waals surface area contributed by atoms with Crippen LogP contribution in [0.25, 0.3) is 0 Å². The van der Waals surface area contributed by atoms with E-state index in [1.807, 2.05) is 6.92 Å². The molecule has 298 valence electrons. The Morgan fingerprint density at radius 3 is 1.56 bits per heavy atom. The zero-order valence-corrected chi connectivity index (χ0v) is 34.0. The van der Waals surface area contributed by atoms with E-state index in [0.29, 0.717) is 31.5 Å². The van der Waals surface area contributed by atoms with Crippen molar-refractivity contribution in [2.75, 3.05) is 49.8 Å². The minimum absolute atomic E-state index is 0. The number of rotatable bonds is 10. The van der Waals surface area contributed by atoms with Gasteiger partial charge in [-0.05, 0) is 121 Å². The van der Waals surface area contributed by atoms with E-state index in [9.17, 15) is 0 Å². The normalized spacial score (nSPS) is 26.7. The second-order valence-electron chi connectivity index (χ2n) is 19.1. The van der Waals surface area contributed by atoms with E-state index in [2.05, 4.69) is 87.3 Å². The summed E-state index contributed by atoms with van der Waals surface area (Å²) in [5.74, 6) is 2.31. The van der Waals surface area contributed by atoms with Crippen LogP contribution in [0.4, 0.5) is 11.9 Å². The minimum Gasteiger partial charge on any atom is -0.378 e. The maximum Gasteiger partial charge on any atom is 0.231 e. The second kappa shape index (κ2) is 16.6.